The summed E-state index contributed by atoms with van der Waals surface area (Å²) in [6.07, 6.45) is 0. The maximum atomic E-state index is 12.3. The van der Waals surface area contributed by atoms with E-state index in [1.807, 2.05) is 0 Å². The summed E-state index contributed by atoms with van der Waals surface area (Å²) < 4.78 is 0. The molecule has 0 aliphatic rings. The smallest absolute Gasteiger partial charge is 0.323 e. The first-order valence-electron chi connectivity index (χ1n) is 5.72. The number of benzene rings is 1. The van der Waals surface area contributed by atoms with Crippen molar-refractivity contribution in [2.24, 2.45) is 0 Å². The van der Waals surface area contributed by atoms with Crippen molar-refractivity contribution in [3.8, 4) is 5.75 Å². The van der Waals surface area contributed by atoms with Crippen molar-refractivity contribution < 1.29 is 19.8 Å². The molecule has 0 saturated carbocycles. The Labute approximate surface area is 118 Å². The van der Waals surface area contributed by atoms with E-state index in [0.29, 0.717) is 5.69 Å². The van der Waals surface area contributed by atoms with Crippen LogP contribution in [0.5, 0.6) is 5.75 Å². The number of amides is 1. The Morgan fingerprint density at radius 2 is 1.95 bits per heavy atom. The molecule has 0 fully saturated rings. The van der Waals surface area contributed by atoms with Gasteiger partial charge in [0.2, 0.25) is 0 Å². The zero-order valence-corrected chi connectivity index (χ0v) is 11.4. The van der Waals surface area contributed by atoms with Gasteiger partial charge in [0.15, 0.2) is 0 Å². The number of carbonyl (C=O) groups excluding carboxylic acids is 1. The van der Waals surface area contributed by atoms with Crippen molar-refractivity contribution in [1.29, 1.82) is 0 Å². The van der Waals surface area contributed by atoms with Crippen LogP contribution in [0.1, 0.15) is 15.5 Å². The van der Waals surface area contributed by atoms with Gasteiger partial charge in [-0.2, -0.15) is 0 Å². The number of aryl methyl sites for hydroxylation is 1. The van der Waals surface area contributed by atoms with E-state index in [1.54, 1.807) is 12.3 Å². The van der Waals surface area contributed by atoms with Gasteiger partial charge < -0.3 is 10.2 Å². The molecule has 0 spiro atoms. The first-order valence-corrected chi connectivity index (χ1v) is 6.60. The summed E-state index contributed by atoms with van der Waals surface area (Å²) in [7, 11) is 0. The number of rotatable bonds is 4. The van der Waals surface area contributed by atoms with Gasteiger partial charge in [-0.05, 0) is 31.2 Å². The van der Waals surface area contributed by atoms with Gasteiger partial charge in [0.05, 0.1) is 5.01 Å². The van der Waals surface area contributed by atoms with Gasteiger partial charge in [0.25, 0.3) is 5.91 Å². The SMILES string of the molecule is Cc1nc(C(=O)N(CC(=O)O)c2ccc(O)cc2)cs1. The predicted molar refractivity (Wildman–Crippen MR) is 74.3 cm³/mol. The summed E-state index contributed by atoms with van der Waals surface area (Å²) in [6.45, 7) is 1.30. The highest BCUT2D eigenvalue weighted by atomic mass is 32.1. The molecule has 0 radical (unpaired) electrons. The Morgan fingerprint density at radius 3 is 2.45 bits per heavy atom. The third kappa shape index (κ3) is 3.12. The largest absolute Gasteiger partial charge is 0.508 e. The number of hydrogen-bond acceptors (Lipinski definition) is 5. The van der Waals surface area contributed by atoms with Crippen LogP contribution in [0, 0.1) is 6.92 Å². The topological polar surface area (TPSA) is 90.7 Å². The zero-order valence-electron chi connectivity index (χ0n) is 10.6. The second-order valence-corrected chi connectivity index (χ2v) is 5.12. The number of nitrogens with zero attached hydrogens (tertiary/aromatic N) is 2. The van der Waals surface area contributed by atoms with E-state index in [9.17, 15) is 14.7 Å². The number of carbonyl (C=O) groups is 2. The molecule has 1 amide bonds. The average Bonchev–Trinajstić information content (AvgIpc) is 2.83. The second-order valence-electron chi connectivity index (χ2n) is 4.05. The minimum absolute atomic E-state index is 0.0426. The van der Waals surface area contributed by atoms with Crippen molar-refractivity contribution in [3.05, 3.63) is 40.3 Å². The molecule has 0 atom stereocenters. The summed E-state index contributed by atoms with van der Waals surface area (Å²) >= 11 is 1.32. The zero-order chi connectivity index (χ0) is 14.7. The van der Waals surface area contributed by atoms with Crippen LogP contribution in [0.2, 0.25) is 0 Å². The van der Waals surface area contributed by atoms with Crippen LogP contribution in [0.25, 0.3) is 0 Å². The van der Waals surface area contributed by atoms with Crippen LogP contribution in [-0.4, -0.2) is 33.6 Å². The molecule has 1 aromatic carbocycles. The first-order chi connectivity index (χ1) is 9.47. The highest BCUT2D eigenvalue weighted by molar-refractivity contribution is 7.09. The molecule has 0 aliphatic heterocycles. The lowest BCUT2D eigenvalue weighted by molar-refractivity contribution is -0.135. The number of anilines is 1. The number of aliphatic carboxylic acids is 1. The number of phenolic OH excluding ortho intramolecular Hbond substituents is 1. The van der Waals surface area contributed by atoms with E-state index in [1.165, 1.54) is 35.6 Å². The standard InChI is InChI=1S/C13H12N2O4S/c1-8-14-11(7-20-8)13(19)15(6-12(17)18)9-2-4-10(16)5-3-9/h2-5,7,16H,6H2,1H3,(H,17,18). The molecule has 6 nitrogen and oxygen atoms in total. The number of thiazole rings is 1. The molecule has 0 bridgehead atoms. The molecule has 2 aromatic rings. The molecule has 7 heteroatoms. The van der Waals surface area contributed by atoms with Gasteiger partial charge in [0, 0.05) is 11.1 Å². The minimum Gasteiger partial charge on any atom is -0.508 e. The van der Waals surface area contributed by atoms with Crippen molar-refractivity contribution in [2.45, 2.75) is 6.92 Å². The molecule has 104 valence electrons. The van der Waals surface area contributed by atoms with E-state index < -0.39 is 18.4 Å². The lowest BCUT2D eigenvalue weighted by Gasteiger charge is -2.19. The molecule has 1 heterocycles. The Hall–Kier alpha value is -2.41. The van der Waals surface area contributed by atoms with Gasteiger partial charge >= 0.3 is 5.97 Å². The summed E-state index contributed by atoms with van der Waals surface area (Å²) in [5.41, 5.74) is 0.600. The third-order valence-corrected chi connectivity index (χ3v) is 3.31. The number of carboxylic acids is 1. The average molecular weight is 292 g/mol. The number of aromatic hydroxyl groups is 1. The van der Waals surface area contributed by atoms with Crippen molar-refractivity contribution in [3.63, 3.8) is 0 Å². The fourth-order valence-corrected chi connectivity index (χ4v) is 2.23. The van der Waals surface area contributed by atoms with E-state index in [0.717, 1.165) is 9.91 Å². The maximum Gasteiger partial charge on any atom is 0.323 e. The monoisotopic (exact) mass is 292 g/mol. The molecule has 1 aromatic heterocycles. The van der Waals surface area contributed by atoms with Crippen LogP contribution in [0.3, 0.4) is 0 Å². The van der Waals surface area contributed by atoms with Crippen LogP contribution in [0.4, 0.5) is 5.69 Å². The first kappa shape index (κ1) is 14.0. The molecule has 20 heavy (non-hydrogen) atoms. The second kappa shape index (κ2) is 5.70. The number of carboxylic acid groups (broad SMARTS) is 1. The summed E-state index contributed by atoms with van der Waals surface area (Å²) in [4.78, 5) is 28.4. The van der Waals surface area contributed by atoms with E-state index in [4.69, 9.17) is 5.11 Å². The highest BCUT2D eigenvalue weighted by Gasteiger charge is 2.22. The fraction of sp³-hybridized carbons (Fsp3) is 0.154. The summed E-state index contributed by atoms with van der Waals surface area (Å²) in [5, 5.41) is 20.5. The molecule has 0 saturated heterocycles. The summed E-state index contributed by atoms with van der Waals surface area (Å²) in [5.74, 6) is -1.57. The third-order valence-electron chi connectivity index (χ3n) is 2.54. The van der Waals surface area contributed by atoms with E-state index in [-0.39, 0.29) is 11.4 Å². The van der Waals surface area contributed by atoms with Gasteiger partial charge in [-0.25, -0.2) is 4.98 Å². The normalized spacial score (nSPS) is 10.2. The number of aromatic nitrogens is 1. The van der Waals surface area contributed by atoms with Crippen LogP contribution in [0.15, 0.2) is 29.6 Å². The number of phenols is 1. The van der Waals surface area contributed by atoms with E-state index >= 15 is 0 Å². The fourth-order valence-electron chi connectivity index (χ4n) is 1.65. The number of hydrogen-bond donors (Lipinski definition) is 2. The molecule has 0 aliphatic carbocycles. The van der Waals surface area contributed by atoms with Gasteiger partial charge in [-0.3, -0.25) is 14.5 Å². The van der Waals surface area contributed by atoms with Crippen molar-refractivity contribution in [2.75, 3.05) is 11.4 Å². The Bertz CT molecular complexity index is 636. The Kier molecular flexibility index (Phi) is 3.99. The molecule has 0 unspecified atom stereocenters. The highest BCUT2D eigenvalue weighted by Crippen LogP contribution is 2.21. The maximum absolute atomic E-state index is 12.3. The van der Waals surface area contributed by atoms with Crippen molar-refractivity contribution >= 4 is 28.9 Å². The Morgan fingerprint density at radius 1 is 1.30 bits per heavy atom. The van der Waals surface area contributed by atoms with Crippen molar-refractivity contribution in [1.82, 2.24) is 4.98 Å². The molecular formula is C13H12N2O4S. The molecule has 2 rings (SSSR count). The van der Waals surface area contributed by atoms with Crippen LogP contribution in [-0.2, 0) is 4.79 Å². The Balaban J connectivity index is 2.34. The van der Waals surface area contributed by atoms with E-state index in [2.05, 4.69) is 4.98 Å². The quantitative estimate of drug-likeness (QED) is 0.898. The molecule has 2 N–H and O–H groups in total. The van der Waals surface area contributed by atoms with Gasteiger partial charge in [-0.1, -0.05) is 0 Å². The van der Waals surface area contributed by atoms with Gasteiger partial charge in [-0.15, -0.1) is 11.3 Å². The predicted octanol–water partition coefficient (Wildman–Crippen LogP) is 1.89. The summed E-state index contributed by atoms with van der Waals surface area (Å²) in [6, 6.07) is 5.75. The van der Waals surface area contributed by atoms with Crippen LogP contribution >= 0.6 is 11.3 Å². The van der Waals surface area contributed by atoms with Crippen LogP contribution < -0.4 is 4.90 Å². The lowest BCUT2D eigenvalue weighted by Crippen LogP contribution is -2.35. The molecular weight excluding hydrogens is 280 g/mol. The lowest BCUT2D eigenvalue weighted by atomic mass is 10.2. The minimum atomic E-state index is -1.13. The van der Waals surface area contributed by atoms with Gasteiger partial charge in [0.1, 0.15) is 18.0 Å².